The maximum atomic E-state index is 13.2. The maximum absolute atomic E-state index is 13.2. The fourth-order valence-electron chi connectivity index (χ4n) is 2.29. The van der Waals surface area contributed by atoms with Crippen LogP contribution in [0.5, 0.6) is 0 Å². The Balaban J connectivity index is 0.000000231. The molecule has 1 fully saturated rings. The topological polar surface area (TPSA) is 66.5 Å². The summed E-state index contributed by atoms with van der Waals surface area (Å²) >= 11 is 0. The Kier molecular flexibility index (Phi) is 5.95. The van der Waals surface area contributed by atoms with Gasteiger partial charge in [0.1, 0.15) is 0 Å². The van der Waals surface area contributed by atoms with Gasteiger partial charge < -0.3 is 0 Å². The standard InChI is InChI=1S/C8H13F2NO.C8H7NO2/c1-6-4-3-5-7(12)11(2)8(6,9)10;1-3-5-6(4-2)8(11)9-7(5)10/h6H,3-5H2,1-2H3;3-4H,1-2H2,(H,9,10,11). The molecule has 2 rings (SSSR count). The number of hydrogen-bond acceptors (Lipinski definition) is 3. The van der Waals surface area contributed by atoms with Crippen LogP contribution in [0.25, 0.3) is 0 Å². The molecule has 7 heteroatoms. The number of rotatable bonds is 2. The lowest BCUT2D eigenvalue weighted by Crippen LogP contribution is -2.45. The summed E-state index contributed by atoms with van der Waals surface area (Å²) in [4.78, 5) is 33.3. The van der Waals surface area contributed by atoms with Crippen LogP contribution in [0.2, 0.25) is 0 Å². The van der Waals surface area contributed by atoms with Crippen LogP contribution >= 0.6 is 0 Å². The number of nitrogens with one attached hydrogen (secondary N) is 1. The maximum Gasteiger partial charge on any atom is 0.330 e. The van der Waals surface area contributed by atoms with Gasteiger partial charge >= 0.3 is 6.05 Å². The molecule has 1 unspecified atom stereocenters. The van der Waals surface area contributed by atoms with Crippen LogP contribution < -0.4 is 5.32 Å². The molecule has 0 aromatic rings. The third-order valence-electron chi connectivity index (χ3n) is 3.86. The third kappa shape index (κ3) is 3.91. The SMILES string of the molecule is C=CC1=C(C=C)C(=O)NC1=O.CC1CCCC(=O)N(C)C1(F)F. The third-order valence-corrected chi connectivity index (χ3v) is 3.86. The van der Waals surface area contributed by atoms with Crippen molar-refractivity contribution in [2.45, 2.75) is 32.2 Å². The minimum atomic E-state index is -2.96. The molecule has 23 heavy (non-hydrogen) atoms. The molecule has 0 bridgehead atoms. The molecule has 3 amide bonds. The predicted molar refractivity (Wildman–Crippen MR) is 81.3 cm³/mol. The van der Waals surface area contributed by atoms with Crippen LogP contribution in [-0.4, -0.2) is 35.7 Å². The van der Waals surface area contributed by atoms with Crippen LogP contribution in [0.4, 0.5) is 8.78 Å². The lowest BCUT2D eigenvalue weighted by Gasteiger charge is -2.29. The van der Waals surface area contributed by atoms with Crippen molar-refractivity contribution in [2.24, 2.45) is 5.92 Å². The van der Waals surface area contributed by atoms with Crippen LogP contribution in [0.3, 0.4) is 0 Å². The van der Waals surface area contributed by atoms with E-state index in [1.807, 2.05) is 0 Å². The van der Waals surface area contributed by atoms with Gasteiger partial charge in [0.15, 0.2) is 0 Å². The molecule has 2 aliphatic heterocycles. The number of halogens is 2. The average Bonchev–Trinajstić information content (AvgIpc) is 2.74. The van der Waals surface area contributed by atoms with Crippen molar-refractivity contribution in [1.82, 2.24) is 10.2 Å². The number of nitrogens with zero attached hydrogens (tertiary/aromatic N) is 1. The first-order valence-corrected chi connectivity index (χ1v) is 7.16. The summed E-state index contributed by atoms with van der Waals surface area (Å²) in [5.41, 5.74) is 0.593. The second-order valence-corrected chi connectivity index (χ2v) is 5.35. The Labute approximate surface area is 133 Å². The molecular weight excluding hydrogens is 306 g/mol. The Hall–Kier alpha value is -2.31. The number of likely N-dealkylation sites (tertiary alicyclic amines) is 1. The lowest BCUT2D eigenvalue weighted by atomic mass is 10.0. The summed E-state index contributed by atoms with van der Waals surface area (Å²) in [5, 5.41) is 2.12. The summed E-state index contributed by atoms with van der Waals surface area (Å²) in [7, 11) is 1.17. The molecule has 2 heterocycles. The summed E-state index contributed by atoms with van der Waals surface area (Å²) in [6.45, 7) is 8.30. The molecule has 1 N–H and O–H groups in total. The van der Waals surface area contributed by atoms with Crippen molar-refractivity contribution in [3.8, 4) is 0 Å². The van der Waals surface area contributed by atoms with Crippen molar-refractivity contribution in [2.75, 3.05) is 7.05 Å². The minimum Gasteiger partial charge on any atom is -0.288 e. The molecule has 5 nitrogen and oxygen atoms in total. The monoisotopic (exact) mass is 326 g/mol. The summed E-state index contributed by atoms with van der Waals surface area (Å²) < 4.78 is 26.4. The normalized spacial score (nSPS) is 23.7. The smallest absolute Gasteiger partial charge is 0.288 e. The van der Waals surface area contributed by atoms with E-state index in [1.54, 1.807) is 0 Å². The highest BCUT2D eigenvalue weighted by Gasteiger charge is 2.44. The van der Waals surface area contributed by atoms with Gasteiger partial charge in [0.2, 0.25) is 5.91 Å². The van der Waals surface area contributed by atoms with E-state index in [-0.39, 0.29) is 6.42 Å². The molecule has 126 valence electrons. The molecule has 0 radical (unpaired) electrons. The predicted octanol–water partition coefficient (Wildman–Crippen LogP) is 2.17. The zero-order valence-electron chi connectivity index (χ0n) is 13.2. The van der Waals surface area contributed by atoms with Gasteiger partial charge in [-0.1, -0.05) is 32.2 Å². The average molecular weight is 326 g/mol. The quantitative estimate of drug-likeness (QED) is 0.625. The Bertz CT molecular complexity index is 554. The summed E-state index contributed by atoms with van der Waals surface area (Å²) in [6, 6.07) is -2.96. The van der Waals surface area contributed by atoms with Gasteiger partial charge in [0.05, 0.1) is 11.1 Å². The van der Waals surface area contributed by atoms with Gasteiger partial charge in [0.25, 0.3) is 11.8 Å². The Morgan fingerprint density at radius 3 is 2.09 bits per heavy atom. The van der Waals surface area contributed by atoms with Gasteiger partial charge in [-0.2, -0.15) is 8.78 Å². The largest absolute Gasteiger partial charge is 0.330 e. The number of imide groups is 1. The van der Waals surface area contributed by atoms with Gasteiger partial charge in [-0.05, 0) is 12.8 Å². The van der Waals surface area contributed by atoms with Crippen LogP contribution in [0.15, 0.2) is 36.5 Å². The number of carbonyl (C=O) groups excluding carboxylic acids is 3. The highest BCUT2D eigenvalue weighted by Crippen LogP contribution is 2.34. The van der Waals surface area contributed by atoms with Crippen molar-refractivity contribution in [1.29, 1.82) is 0 Å². The number of alkyl halides is 2. The number of carbonyl (C=O) groups is 3. The van der Waals surface area contributed by atoms with Crippen molar-refractivity contribution in [3.63, 3.8) is 0 Å². The molecule has 1 saturated heterocycles. The van der Waals surface area contributed by atoms with E-state index in [2.05, 4.69) is 18.5 Å². The van der Waals surface area contributed by atoms with E-state index < -0.39 is 29.7 Å². The van der Waals surface area contributed by atoms with Crippen LogP contribution in [0, 0.1) is 5.92 Å². The second kappa shape index (κ2) is 7.30. The second-order valence-electron chi connectivity index (χ2n) is 5.35. The van der Waals surface area contributed by atoms with Gasteiger partial charge in [0, 0.05) is 19.4 Å². The summed E-state index contributed by atoms with van der Waals surface area (Å²) in [5.74, 6) is -1.99. The van der Waals surface area contributed by atoms with Gasteiger partial charge in [-0.3, -0.25) is 24.6 Å². The van der Waals surface area contributed by atoms with Crippen LogP contribution in [-0.2, 0) is 14.4 Å². The zero-order chi connectivity index (χ0) is 17.8. The molecule has 2 aliphatic rings. The Morgan fingerprint density at radius 1 is 1.17 bits per heavy atom. The van der Waals surface area contributed by atoms with Crippen molar-refractivity contribution >= 4 is 17.7 Å². The van der Waals surface area contributed by atoms with E-state index >= 15 is 0 Å². The molecule has 0 aliphatic carbocycles. The molecule has 0 saturated carbocycles. The molecular formula is C16H20F2N2O3. The number of hydrogen-bond donors (Lipinski definition) is 1. The summed E-state index contributed by atoms with van der Waals surface area (Å²) in [6.07, 6.45) is 3.92. The lowest BCUT2D eigenvalue weighted by molar-refractivity contribution is -0.182. The van der Waals surface area contributed by atoms with Gasteiger partial charge in [-0.15, -0.1) is 0 Å². The first-order valence-electron chi connectivity index (χ1n) is 7.16. The van der Waals surface area contributed by atoms with E-state index in [0.717, 1.165) is 0 Å². The fraction of sp³-hybridized carbons (Fsp3) is 0.438. The van der Waals surface area contributed by atoms with Crippen molar-refractivity contribution < 1.29 is 23.2 Å². The minimum absolute atomic E-state index is 0.246. The van der Waals surface area contributed by atoms with Gasteiger partial charge in [-0.25, -0.2) is 0 Å². The first-order chi connectivity index (χ1) is 10.7. The highest BCUT2D eigenvalue weighted by atomic mass is 19.3. The van der Waals surface area contributed by atoms with E-state index in [9.17, 15) is 23.2 Å². The van der Waals surface area contributed by atoms with E-state index in [0.29, 0.717) is 28.9 Å². The number of amides is 3. The fourth-order valence-corrected chi connectivity index (χ4v) is 2.29. The van der Waals surface area contributed by atoms with E-state index in [4.69, 9.17) is 0 Å². The first kappa shape index (κ1) is 18.7. The molecule has 0 spiro atoms. The zero-order valence-corrected chi connectivity index (χ0v) is 13.2. The molecule has 0 aromatic heterocycles. The molecule has 1 atom stereocenters. The van der Waals surface area contributed by atoms with Crippen molar-refractivity contribution in [3.05, 3.63) is 36.5 Å². The highest BCUT2D eigenvalue weighted by molar-refractivity contribution is 6.21. The molecule has 0 aromatic carbocycles. The van der Waals surface area contributed by atoms with Crippen LogP contribution in [0.1, 0.15) is 26.2 Å². The Morgan fingerprint density at radius 2 is 1.65 bits per heavy atom. The van der Waals surface area contributed by atoms with E-state index in [1.165, 1.54) is 26.1 Å².